The van der Waals surface area contributed by atoms with Gasteiger partial charge in [-0.2, -0.15) is 0 Å². The van der Waals surface area contributed by atoms with E-state index in [1.807, 2.05) is 19.2 Å². The predicted molar refractivity (Wildman–Crippen MR) is 90.7 cm³/mol. The number of hydrogen-bond acceptors (Lipinski definition) is 1. The molecule has 20 heavy (non-hydrogen) atoms. The molecule has 106 valence electrons. The summed E-state index contributed by atoms with van der Waals surface area (Å²) in [6.07, 6.45) is 0. The molecule has 0 aliphatic rings. The Bertz CT molecular complexity index is 594. The highest BCUT2D eigenvalue weighted by Gasteiger charge is 2.17. The number of halogens is 2. The molecule has 1 N–H and O–H groups in total. The zero-order chi connectivity index (χ0) is 14.9. The van der Waals surface area contributed by atoms with E-state index in [1.54, 1.807) is 0 Å². The Morgan fingerprint density at radius 1 is 1.00 bits per heavy atom. The highest BCUT2D eigenvalue weighted by atomic mass is 79.9. The first-order chi connectivity index (χ1) is 9.42. The fourth-order valence-corrected chi connectivity index (χ4v) is 3.75. The summed E-state index contributed by atoms with van der Waals surface area (Å²) in [5.74, 6) is 0. The van der Waals surface area contributed by atoms with Crippen molar-refractivity contribution in [1.82, 2.24) is 5.32 Å². The van der Waals surface area contributed by atoms with Gasteiger partial charge in [0.2, 0.25) is 0 Å². The largest absolute Gasteiger partial charge is 0.309 e. The Labute approximate surface area is 134 Å². The first-order valence-corrected chi connectivity index (χ1v) is 7.80. The molecule has 2 aromatic rings. The van der Waals surface area contributed by atoms with Crippen LogP contribution in [0.5, 0.6) is 0 Å². The second-order valence-electron chi connectivity index (χ2n) is 5.24. The topological polar surface area (TPSA) is 12.0 Å². The van der Waals surface area contributed by atoms with Crippen molar-refractivity contribution < 1.29 is 0 Å². The summed E-state index contributed by atoms with van der Waals surface area (Å²) in [5.41, 5.74) is 6.40. The second kappa shape index (κ2) is 6.30. The maximum atomic E-state index is 6.19. The van der Waals surface area contributed by atoms with E-state index in [9.17, 15) is 0 Å². The van der Waals surface area contributed by atoms with E-state index < -0.39 is 0 Å². The Morgan fingerprint density at radius 3 is 2.10 bits per heavy atom. The number of nitrogens with one attached hydrogen (secondary N) is 1. The molecule has 0 saturated carbocycles. The Morgan fingerprint density at radius 2 is 1.60 bits per heavy atom. The quantitative estimate of drug-likeness (QED) is 0.786. The van der Waals surface area contributed by atoms with E-state index >= 15 is 0 Å². The molecule has 0 aliphatic heterocycles. The predicted octanol–water partition coefficient (Wildman–Crippen LogP) is 5.34. The van der Waals surface area contributed by atoms with Gasteiger partial charge in [0.15, 0.2) is 0 Å². The molecule has 0 aliphatic carbocycles. The maximum absolute atomic E-state index is 6.19. The minimum atomic E-state index is 0.144. The van der Waals surface area contributed by atoms with Gasteiger partial charge in [-0.05, 0) is 68.3 Å². The third-order valence-corrected chi connectivity index (χ3v) is 4.21. The highest BCUT2D eigenvalue weighted by molar-refractivity contribution is 9.10. The summed E-state index contributed by atoms with van der Waals surface area (Å²) in [6.45, 7) is 6.46. The zero-order valence-electron chi connectivity index (χ0n) is 12.2. The maximum Gasteiger partial charge on any atom is 0.0580 e. The molecule has 2 rings (SSSR count). The van der Waals surface area contributed by atoms with Crippen LogP contribution in [0, 0.1) is 20.8 Å². The summed E-state index contributed by atoms with van der Waals surface area (Å²) in [5, 5.41) is 4.16. The molecule has 0 heterocycles. The lowest BCUT2D eigenvalue weighted by Gasteiger charge is -2.23. The van der Waals surface area contributed by atoms with Crippen molar-refractivity contribution >= 4 is 27.5 Å². The van der Waals surface area contributed by atoms with Gasteiger partial charge in [0.05, 0.1) is 6.04 Å². The monoisotopic (exact) mass is 351 g/mol. The number of hydrogen-bond donors (Lipinski definition) is 1. The lowest BCUT2D eigenvalue weighted by atomic mass is 9.90. The van der Waals surface area contributed by atoms with Gasteiger partial charge >= 0.3 is 0 Å². The lowest BCUT2D eigenvalue weighted by molar-refractivity contribution is 0.682. The number of aryl methyl sites for hydroxylation is 3. The normalized spacial score (nSPS) is 12.5. The molecule has 1 atom stereocenters. The summed E-state index contributed by atoms with van der Waals surface area (Å²) in [4.78, 5) is 0. The van der Waals surface area contributed by atoms with Crippen LogP contribution in [-0.2, 0) is 0 Å². The van der Waals surface area contributed by atoms with Crippen LogP contribution in [0.15, 0.2) is 34.8 Å². The van der Waals surface area contributed by atoms with Crippen molar-refractivity contribution in [3.8, 4) is 0 Å². The molecule has 2 aromatic carbocycles. The molecular formula is C17H19BrClN. The lowest BCUT2D eigenvalue weighted by Crippen LogP contribution is -2.20. The van der Waals surface area contributed by atoms with Gasteiger partial charge in [-0.1, -0.05) is 45.2 Å². The summed E-state index contributed by atoms with van der Waals surface area (Å²) >= 11 is 9.71. The van der Waals surface area contributed by atoms with E-state index in [2.05, 4.69) is 60.2 Å². The summed E-state index contributed by atoms with van der Waals surface area (Å²) < 4.78 is 1.00. The number of rotatable bonds is 3. The Balaban J connectivity index is 2.58. The average molecular weight is 353 g/mol. The molecule has 0 spiro atoms. The first-order valence-electron chi connectivity index (χ1n) is 6.63. The molecule has 1 nitrogen and oxygen atoms in total. The molecular weight excluding hydrogens is 334 g/mol. The van der Waals surface area contributed by atoms with Crippen LogP contribution in [0.3, 0.4) is 0 Å². The van der Waals surface area contributed by atoms with Gasteiger partial charge in [-0.25, -0.2) is 0 Å². The first kappa shape index (κ1) is 15.6. The molecule has 0 saturated heterocycles. The van der Waals surface area contributed by atoms with Crippen molar-refractivity contribution in [2.45, 2.75) is 26.8 Å². The molecule has 3 heteroatoms. The second-order valence-corrected chi connectivity index (χ2v) is 6.59. The van der Waals surface area contributed by atoms with Gasteiger partial charge < -0.3 is 5.32 Å². The molecule has 0 aromatic heterocycles. The van der Waals surface area contributed by atoms with Gasteiger partial charge in [-0.3, -0.25) is 0 Å². The Kier molecular flexibility index (Phi) is 4.90. The fraction of sp³-hybridized carbons (Fsp3) is 0.294. The molecule has 0 amide bonds. The van der Waals surface area contributed by atoms with E-state index in [4.69, 9.17) is 11.6 Å². The van der Waals surface area contributed by atoms with Crippen LogP contribution in [0.2, 0.25) is 5.02 Å². The average Bonchev–Trinajstić information content (AvgIpc) is 2.32. The standard InChI is InChI=1S/C17H19BrClN/c1-10-5-11(2)16(12(3)6-10)17(20-4)13-7-14(18)9-15(19)8-13/h5-9,17,20H,1-4H3. The van der Waals surface area contributed by atoms with Crippen LogP contribution in [0.1, 0.15) is 33.9 Å². The van der Waals surface area contributed by atoms with Gasteiger partial charge in [0.1, 0.15) is 0 Å². The third kappa shape index (κ3) is 3.25. The van der Waals surface area contributed by atoms with E-state index in [0.29, 0.717) is 0 Å². The fourth-order valence-electron chi connectivity index (χ4n) is 2.87. The van der Waals surface area contributed by atoms with Gasteiger partial charge in [0.25, 0.3) is 0 Å². The molecule has 0 fully saturated rings. The zero-order valence-corrected chi connectivity index (χ0v) is 14.6. The Hall–Kier alpha value is -0.830. The van der Waals surface area contributed by atoms with Crippen LogP contribution in [0.4, 0.5) is 0 Å². The summed E-state index contributed by atoms with van der Waals surface area (Å²) in [6, 6.07) is 10.6. The summed E-state index contributed by atoms with van der Waals surface area (Å²) in [7, 11) is 1.98. The van der Waals surface area contributed by atoms with Crippen LogP contribution in [-0.4, -0.2) is 7.05 Å². The molecule has 0 bridgehead atoms. The number of benzene rings is 2. The third-order valence-electron chi connectivity index (χ3n) is 3.53. The van der Waals surface area contributed by atoms with Crippen molar-refractivity contribution in [2.75, 3.05) is 7.05 Å². The van der Waals surface area contributed by atoms with E-state index in [0.717, 1.165) is 9.50 Å². The van der Waals surface area contributed by atoms with Crippen LogP contribution in [0.25, 0.3) is 0 Å². The van der Waals surface area contributed by atoms with E-state index in [1.165, 1.54) is 27.8 Å². The SMILES string of the molecule is CNC(c1cc(Cl)cc(Br)c1)c1c(C)cc(C)cc1C. The van der Waals surface area contributed by atoms with E-state index in [-0.39, 0.29) is 6.04 Å². The minimum absolute atomic E-state index is 0.144. The van der Waals surface area contributed by atoms with Gasteiger partial charge in [-0.15, -0.1) is 0 Å². The van der Waals surface area contributed by atoms with Crippen molar-refractivity contribution in [2.24, 2.45) is 0 Å². The minimum Gasteiger partial charge on any atom is -0.309 e. The van der Waals surface area contributed by atoms with Gasteiger partial charge in [0, 0.05) is 9.50 Å². The highest BCUT2D eigenvalue weighted by Crippen LogP contribution is 2.31. The van der Waals surface area contributed by atoms with Crippen molar-refractivity contribution in [3.05, 3.63) is 67.6 Å². The van der Waals surface area contributed by atoms with Crippen molar-refractivity contribution in [1.29, 1.82) is 0 Å². The van der Waals surface area contributed by atoms with Crippen LogP contribution >= 0.6 is 27.5 Å². The molecule has 1 unspecified atom stereocenters. The molecule has 0 radical (unpaired) electrons. The smallest absolute Gasteiger partial charge is 0.0580 e. The van der Waals surface area contributed by atoms with Crippen LogP contribution < -0.4 is 5.32 Å². The van der Waals surface area contributed by atoms with Crippen molar-refractivity contribution in [3.63, 3.8) is 0 Å².